The van der Waals surface area contributed by atoms with Crippen molar-refractivity contribution in [3.63, 3.8) is 0 Å². The molecular formula is C12H11N5O. The Morgan fingerprint density at radius 3 is 2.89 bits per heavy atom. The van der Waals surface area contributed by atoms with Crippen molar-refractivity contribution in [3.8, 4) is 11.8 Å². The van der Waals surface area contributed by atoms with Gasteiger partial charge < -0.3 is 4.90 Å². The average Bonchev–Trinajstić information content (AvgIpc) is 2.87. The maximum absolute atomic E-state index is 11.7. The van der Waals surface area contributed by atoms with Gasteiger partial charge >= 0.3 is 0 Å². The quantitative estimate of drug-likeness (QED) is 0.780. The number of amides is 1. The Morgan fingerprint density at radius 2 is 2.22 bits per heavy atom. The van der Waals surface area contributed by atoms with E-state index < -0.39 is 0 Å². The Bertz CT molecular complexity index is 623. The fourth-order valence-electron chi connectivity index (χ4n) is 1.46. The van der Waals surface area contributed by atoms with E-state index in [0.717, 1.165) is 0 Å². The summed E-state index contributed by atoms with van der Waals surface area (Å²) in [7, 11) is 3.32. The summed E-state index contributed by atoms with van der Waals surface area (Å²) < 4.78 is 1.47. The summed E-state index contributed by atoms with van der Waals surface area (Å²) in [6.45, 7) is 0. The first-order valence-corrected chi connectivity index (χ1v) is 5.25. The lowest BCUT2D eigenvalue weighted by atomic mass is 10.2. The highest BCUT2D eigenvalue weighted by Crippen LogP contribution is 2.12. The van der Waals surface area contributed by atoms with Gasteiger partial charge in [0.2, 0.25) is 0 Å². The number of hydrogen-bond acceptors (Lipinski definition) is 4. The van der Waals surface area contributed by atoms with Crippen LogP contribution in [0.3, 0.4) is 0 Å². The third kappa shape index (κ3) is 2.06. The van der Waals surface area contributed by atoms with E-state index in [-0.39, 0.29) is 5.91 Å². The highest BCUT2D eigenvalue weighted by atomic mass is 16.2. The summed E-state index contributed by atoms with van der Waals surface area (Å²) in [4.78, 5) is 17.1. The van der Waals surface area contributed by atoms with Crippen molar-refractivity contribution in [1.29, 1.82) is 5.26 Å². The molecule has 2 rings (SSSR count). The summed E-state index contributed by atoms with van der Waals surface area (Å²) in [5.74, 6) is -0.184. The van der Waals surface area contributed by atoms with E-state index >= 15 is 0 Å². The van der Waals surface area contributed by atoms with Crippen LogP contribution in [0.25, 0.3) is 5.69 Å². The van der Waals surface area contributed by atoms with Crippen molar-refractivity contribution in [1.82, 2.24) is 19.7 Å². The Morgan fingerprint density at radius 1 is 1.44 bits per heavy atom. The van der Waals surface area contributed by atoms with Crippen molar-refractivity contribution in [2.45, 2.75) is 0 Å². The molecule has 0 unspecified atom stereocenters. The largest absolute Gasteiger partial charge is 0.343 e. The van der Waals surface area contributed by atoms with Crippen molar-refractivity contribution in [2.24, 2.45) is 0 Å². The third-order valence-electron chi connectivity index (χ3n) is 2.38. The van der Waals surface area contributed by atoms with Crippen LogP contribution in [0.15, 0.2) is 30.7 Å². The molecular weight excluding hydrogens is 230 g/mol. The lowest BCUT2D eigenvalue weighted by Crippen LogP contribution is -2.22. The zero-order valence-electron chi connectivity index (χ0n) is 10.0. The fraction of sp³-hybridized carbons (Fsp3) is 0.167. The predicted molar refractivity (Wildman–Crippen MR) is 64.1 cm³/mol. The Labute approximate surface area is 104 Å². The van der Waals surface area contributed by atoms with E-state index in [0.29, 0.717) is 16.9 Å². The average molecular weight is 241 g/mol. The standard InChI is InChI=1S/C12H11N5O/c1-16(2)12(18)10-4-6-17(15-10)11-8-14-5-3-9(11)7-13/h3-6,8H,1-2H3. The van der Waals surface area contributed by atoms with Gasteiger partial charge in [0, 0.05) is 26.5 Å². The molecule has 2 aromatic heterocycles. The van der Waals surface area contributed by atoms with Crippen molar-refractivity contribution in [2.75, 3.05) is 14.1 Å². The smallest absolute Gasteiger partial charge is 0.273 e. The first kappa shape index (κ1) is 11.8. The van der Waals surface area contributed by atoms with Crippen LogP contribution in [0.2, 0.25) is 0 Å². The van der Waals surface area contributed by atoms with E-state index in [1.165, 1.54) is 22.0 Å². The van der Waals surface area contributed by atoms with Gasteiger partial charge in [-0.25, -0.2) is 4.68 Å². The maximum Gasteiger partial charge on any atom is 0.273 e. The topological polar surface area (TPSA) is 74.8 Å². The molecule has 0 spiro atoms. The lowest BCUT2D eigenvalue weighted by Gasteiger charge is -2.07. The number of pyridine rings is 1. The van der Waals surface area contributed by atoms with Gasteiger partial charge in [0.05, 0.1) is 11.8 Å². The second kappa shape index (κ2) is 4.67. The monoisotopic (exact) mass is 241 g/mol. The Hall–Kier alpha value is -2.68. The third-order valence-corrected chi connectivity index (χ3v) is 2.38. The second-order valence-corrected chi connectivity index (χ2v) is 3.85. The predicted octanol–water partition coefficient (Wildman–Crippen LogP) is 0.841. The van der Waals surface area contributed by atoms with Gasteiger partial charge in [-0.1, -0.05) is 0 Å². The summed E-state index contributed by atoms with van der Waals surface area (Å²) in [6, 6.07) is 5.27. The number of carbonyl (C=O) groups excluding carboxylic acids is 1. The normalized spacial score (nSPS) is 9.83. The van der Waals surface area contributed by atoms with Gasteiger partial charge in [-0.15, -0.1) is 0 Å². The number of aromatic nitrogens is 3. The first-order chi connectivity index (χ1) is 8.63. The molecule has 0 radical (unpaired) electrons. The van der Waals surface area contributed by atoms with Gasteiger partial charge in [0.15, 0.2) is 5.69 Å². The highest BCUT2D eigenvalue weighted by molar-refractivity contribution is 5.91. The van der Waals surface area contributed by atoms with Gasteiger partial charge in [-0.05, 0) is 12.1 Å². The van der Waals surface area contributed by atoms with Gasteiger partial charge in [-0.2, -0.15) is 10.4 Å². The van der Waals surface area contributed by atoms with Crippen LogP contribution in [0.5, 0.6) is 0 Å². The highest BCUT2D eigenvalue weighted by Gasteiger charge is 2.13. The molecule has 18 heavy (non-hydrogen) atoms. The Kier molecular flexibility index (Phi) is 3.06. The molecule has 0 saturated carbocycles. The minimum Gasteiger partial charge on any atom is -0.343 e. The van der Waals surface area contributed by atoms with E-state index in [1.807, 2.05) is 0 Å². The second-order valence-electron chi connectivity index (χ2n) is 3.85. The van der Waals surface area contributed by atoms with Crippen LogP contribution in [-0.4, -0.2) is 39.7 Å². The van der Waals surface area contributed by atoms with Crippen LogP contribution < -0.4 is 0 Å². The molecule has 0 aromatic carbocycles. The summed E-state index contributed by atoms with van der Waals surface area (Å²) >= 11 is 0. The van der Waals surface area contributed by atoms with Crippen LogP contribution in [0.1, 0.15) is 16.1 Å². The SMILES string of the molecule is CN(C)C(=O)c1ccn(-c2cnccc2C#N)n1. The van der Waals surface area contributed by atoms with Gasteiger partial charge in [0.25, 0.3) is 5.91 Å². The molecule has 90 valence electrons. The molecule has 0 aliphatic rings. The number of nitriles is 1. The van der Waals surface area contributed by atoms with Crippen molar-refractivity contribution < 1.29 is 4.79 Å². The van der Waals surface area contributed by atoms with Crippen LogP contribution in [-0.2, 0) is 0 Å². The van der Waals surface area contributed by atoms with Crippen LogP contribution >= 0.6 is 0 Å². The number of hydrogen-bond donors (Lipinski definition) is 0. The zero-order valence-corrected chi connectivity index (χ0v) is 10.0. The van der Waals surface area contributed by atoms with E-state index in [4.69, 9.17) is 5.26 Å². The molecule has 6 nitrogen and oxygen atoms in total. The zero-order chi connectivity index (χ0) is 13.1. The molecule has 0 aliphatic carbocycles. The lowest BCUT2D eigenvalue weighted by molar-refractivity contribution is 0.0821. The molecule has 2 heterocycles. The molecule has 2 aromatic rings. The fourth-order valence-corrected chi connectivity index (χ4v) is 1.46. The summed E-state index contributed by atoms with van der Waals surface area (Å²) in [5.41, 5.74) is 1.34. The Balaban J connectivity index is 2.42. The van der Waals surface area contributed by atoms with Gasteiger partial charge in [-0.3, -0.25) is 9.78 Å². The van der Waals surface area contributed by atoms with Crippen molar-refractivity contribution in [3.05, 3.63) is 42.0 Å². The van der Waals surface area contributed by atoms with E-state index in [9.17, 15) is 4.79 Å². The minimum absolute atomic E-state index is 0.184. The minimum atomic E-state index is -0.184. The molecule has 0 saturated heterocycles. The van der Waals surface area contributed by atoms with E-state index in [1.54, 1.807) is 32.4 Å². The number of carbonyl (C=O) groups is 1. The van der Waals surface area contributed by atoms with Crippen LogP contribution in [0.4, 0.5) is 0 Å². The molecule has 0 bridgehead atoms. The van der Waals surface area contributed by atoms with Gasteiger partial charge in [0.1, 0.15) is 11.8 Å². The maximum atomic E-state index is 11.7. The molecule has 0 N–H and O–H groups in total. The summed E-state index contributed by atoms with van der Waals surface area (Å²) in [6.07, 6.45) is 4.71. The van der Waals surface area contributed by atoms with Crippen molar-refractivity contribution >= 4 is 5.91 Å². The summed E-state index contributed by atoms with van der Waals surface area (Å²) in [5, 5.41) is 13.1. The molecule has 6 heteroatoms. The molecule has 0 aliphatic heterocycles. The van der Waals surface area contributed by atoms with Crippen LogP contribution in [0, 0.1) is 11.3 Å². The number of nitrogens with zero attached hydrogens (tertiary/aromatic N) is 5. The molecule has 0 fully saturated rings. The first-order valence-electron chi connectivity index (χ1n) is 5.25. The molecule has 0 atom stereocenters. The number of rotatable bonds is 2. The van der Waals surface area contributed by atoms with E-state index in [2.05, 4.69) is 16.2 Å². The molecule has 1 amide bonds.